The fraction of sp³-hybridized carbons (Fsp3) is 0.136. The first-order valence-electron chi connectivity index (χ1n) is 8.81. The summed E-state index contributed by atoms with van der Waals surface area (Å²) in [6, 6.07) is 18.5. The highest BCUT2D eigenvalue weighted by atomic mass is 16.5. The van der Waals surface area contributed by atoms with Crippen LogP contribution in [-0.4, -0.2) is 29.6 Å². The van der Waals surface area contributed by atoms with E-state index >= 15 is 0 Å². The molecule has 3 aromatic rings. The molecule has 0 aliphatic carbocycles. The van der Waals surface area contributed by atoms with E-state index in [-0.39, 0.29) is 19.0 Å². The van der Waals surface area contributed by atoms with Crippen LogP contribution in [0.1, 0.15) is 21.7 Å². The summed E-state index contributed by atoms with van der Waals surface area (Å²) in [6.45, 7) is 0.0500. The summed E-state index contributed by atoms with van der Waals surface area (Å²) in [5.41, 5.74) is 2.71. The van der Waals surface area contributed by atoms with Gasteiger partial charge in [-0.05, 0) is 29.3 Å². The Morgan fingerprint density at radius 2 is 1.90 bits per heavy atom. The lowest BCUT2D eigenvalue weighted by atomic mass is 10.1. The zero-order valence-electron chi connectivity index (χ0n) is 15.4. The molecule has 3 rings (SSSR count). The molecule has 1 unspecified atom stereocenters. The standard InChI is InChI=1S/C22H18N2O5/c23-11-16-7-4-8-17(9-16)18-10-20(29-13-18)21(25)24-19(22(26)27)14-28-12-15-5-2-1-3-6-15/h1-10,13,19H,12,14H2,(H,24,25)(H,26,27). The van der Waals surface area contributed by atoms with Crippen molar-refractivity contribution < 1.29 is 23.8 Å². The monoisotopic (exact) mass is 390 g/mol. The molecule has 7 nitrogen and oxygen atoms in total. The number of hydrogen-bond donors (Lipinski definition) is 2. The van der Waals surface area contributed by atoms with Crippen molar-refractivity contribution in [3.05, 3.63) is 83.8 Å². The molecule has 1 amide bonds. The number of carbonyl (C=O) groups excluding carboxylic acids is 1. The highest BCUT2D eigenvalue weighted by Crippen LogP contribution is 2.23. The molecular weight excluding hydrogens is 372 g/mol. The Morgan fingerprint density at radius 1 is 1.10 bits per heavy atom. The number of nitrogens with one attached hydrogen (secondary N) is 1. The smallest absolute Gasteiger partial charge is 0.328 e. The Balaban J connectivity index is 1.62. The molecule has 2 N–H and O–H groups in total. The predicted molar refractivity (Wildman–Crippen MR) is 104 cm³/mol. The van der Waals surface area contributed by atoms with E-state index in [4.69, 9.17) is 14.4 Å². The van der Waals surface area contributed by atoms with Crippen molar-refractivity contribution in [2.24, 2.45) is 0 Å². The number of aliphatic carboxylic acids is 1. The second-order valence-electron chi connectivity index (χ2n) is 6.26. The largest absolute Gasteiger partial charge is 0.480 e. The first-order valence-corrected chi connectivity index (χ1v) is 8.81. The second kappa shape index (κ2) is 9.35. The van der Waals surface area contributed by atoms with Gasteiger partial charge in [-0.3, -0.25) is 4.79 Å². The molecule has 0 aliphatic heterocycles. The molecule has 1 aromatic heterocycles. The van der Waals surface area contributed by atoms with Gasteiger partial charge in [0, 0.05) is 5.56 Å². The molecule has 0 fully saturated rings. The number of nitriles is 1. The zero-order valence-corrected chi connectivity index (χ0v) is 15.4. The van der Waals surface area contributed by atoms with E-state index in [1.54, 1.807) is 24.3 Å². The SMILES string of the molecule is N#Cc1cccc(-c2coc(C(=O)NC(COCc3ccccc3)C(=O)O)c2)c1. The Bertz CT molecular complexity index is 1040. The third-order valence-corrected chi connectivity index (χ3v) is 4.15. The summed E-state index contributed by atoms with van der Waals surface area (Å²) in [7, 11) is 0. The topological polar surface area (TPSA) is 113 Å². The summed E-state index contributed by atoms with van der Waals surface area (Å²) < 4.78 is 10.7. The van der Waals surface area contributed by atoms with Crippen molar-refractivity contribution >= 4 is 11.9 Å². The van der Waals surface area contributed by atoms with Gasteiger partial charge in [-0.2, -0.15) is 5.26 Å². The molecule has 0 spiro atoms. The molecule has 0 saturated carbocycles. The van der Waals surface area contributed by atoms with E-state index in [1.165, 1.54) is 12.3 Å². The molecule has 7 heteroatoms. The Labute approximate surface area is 167 Å². The average molecular weight is 390 g/mol. The molecule has 2 aromatic carbocycles. The van der Waals surface area contributed by atoms with Crippen molar-refractivity contribution in [3.63, 3.8) is 0 Å². The molecule has 1 atom stereocenters. The second-order valence-corrected chi connectivity index (χ2v) is 6.26. The number of rotatable bonds is 8. The molecule has 0 radical (unpaired) electrons. The van der Waals surface area contributed by atoms with Gasteiger partial charge in [0.2, 0.25) is 0 Å². The Morgan fingerprint density at radius 3 is 2.62 bits per heavy atom. The third-order valence-electron chi connectivity index (χ3n) is 4.15. The first kappa shape index (κ1) is 19.9. The molecule has 1 heterocycles. The minimum absolute atomic E-state index is 0.0309. The van der Waals surface area contributed by atoms with Crippen molar-refractivity contribution in [1.82, 2.24) is 5.32 Å². The van der Waals surface area contributed by atoms with Gasteiger partial charge in [0.05, 0.1) is 31.1 Å². The quantitative estimate of drug-likeness (QED) is 0.611. The van der Waals surface area contributed by atoms with E-state index in [0.29, 0.717) is 16.7 Å². The number of furan rings is 1. The van der Waals surface area contributed by atoms with Crippen LogP contribution in [0.5, 0.6) is 0 Å². The fourth-order valence-electron chi connectivity index (χ4n) is 2.65. The van der Waals surface area contributed by atoms with Gasteiger partial charge < -0.3 is 19.6 Å². The van der Waals surface area contributed by atoms with E-state index in [0.717, 1.165) is 5.56 Å². The van der Waals surface area contributed by atoms with Crippen LogP contribution in [0.2, 0.25) is 0 Å². The average Bonchev–Trinajstić information content (AvgIpc) is 3.24. The highest BCUT2D eigenvalue weighted by Gasteiger charge is 2.23. The summed E-state index contributed by atoms with van der Waals surface area (Å²) in [4.78, 5) is 23.8. The zero-order chi connectivity index (χ0) is 20.6. The van der Waals surface area contributed by atoms with E-state index < -0.39 is 17.9 Å². The molecule has 0 saturated heterocycles. The predicted octanol–water partition coefficient (Wildman–Crippen LogP) is 3.22. The van der Waals surface area contributed by atoms with Crippen LogP contribution in [0.4, 0.5) is 0 Å². The van der Waals surface area contributed by atoms with Crippen molar-refractivity contribution in [1.29, 1.82) is 5.26 Å². The number of amides is 1. The maximum Gasteiger partial charge on any atom is 0.328 e. The number of carbonyl (C=O) groups is 2. The maximum atomic E-state index is 12.4. The third kappa shape index (κ3) is 5.31. The fourth-order valence-corrected chi connectivity index (χ4v) is 2.65. The van der Waals surface area contributed by atoms with Crippen molar-refractivity contribution in [2.45, 2.75) is 12.6 Å². The van der Waals surface area contributed by atoms with Crippen molar-refractivity contribution in [2.75, 3.05) is 6.61 Å². The normalized spacial score (nSPS) is 11.4. The molecular formula is C22H18N2O5. The molecule has 0 bridgehead atoms. The van der Waals surface area contributed by atoms with Crippen LogP contribution >= 0.6 is 0 Å². The van der Waals surface area contributed by atoms with Gasteiger partial charge in [0.15, 0.2) is 11.8 Å². The number of hydrogen-bond acceptors (Lipinski definition) is 5. The maximum absolute atomic E-state index is 12.4. The lowest BCUT2D eigenvalue weighted by molar-refractivity contribution is -0.141. The molecule has 146 valence electrons. The van der Waals surface area contributed by atoms with Gasteiger partial charge in [-0.25, -0.2) is 4.79 Å². The van der Waals surface area contributed by atoms with Crippen LogP contribution in [0, 0.1) is 11.3 Å². The highest BCUT2D eigenvalue weighted by molar-refractivity contribution is 5.95. The number of carboxylic acid groups (broad SMARTS) is 1. The van der Waals surface area contributed by atoms with Crippen LogP contribution in [0.3, 0.4) is 0 Å². The number of ether oxygens (including phenoxy) is 1. The van der Waals surface area contributed by atoms with Crippen LogP contribution in [-0.2, 0) is 16.1 Å². The number of carboxylic acids is 1. The summed E-state index contributed by atoms with van der Waals surface area (Å²) in [5, 5.41) is 20.7. The minimum Gasteiger partial charge on any atom is -0.480 e. The Hall–Kier alpha value is -3.89. The van der Waals surface area contributed by atoms with Gasteiger partial charge in [-0.1, -0.05) is 42.5 Å². The van der Waals surface area contributed by atoms with Gasteiger partial charge in [-0.15, -0.1) is 0 Å². The van der Waals surface area contributed by atoms with Gasteiger partial charge >= 0.3 is 5.97 Å². The lowest BCUT2D eigenvalue weighted by Crippen LogP contribution is -2.43. The molecule has 0 aliphatic rings. The van der Waals surface area contributed by atoms with Crippen LogP contribution < -0.4 is 5.32 Å². The van der Waals surface area contributed by atoms with E-state index in [1.807, 2.05) is 36.4 Å². The molecule has 29 heavy (non-hydrogen) atoms. The first-order chi connectivity index (χ1) is 14.1. The Kier molecular flexibility index (Phi) is 6.40. The lowest BCUT2D eigenvalue weighted by Gasteiger charge is -2.14. The van der Waals surface area contributed by atoms with Crippen molar-refractivity contribution in [3.8, 4) is 17.2 Å². The summed E-state index contributed by atoms with van der Waals surface area (Å²) in [5.74, 6) is -1.90. The van der Waals surface area contributed by atoms with Gasteiger partial charge in [0.1, 0.15) is 0 Å². The van der Waals surface area contributed by atoms with Crippen LogP contribution in [0.25, 0.3) is 11.1 Å². The number of nitrogens with zero attached hydrogens (tertiary/aromatic N) is 1. The summed E-state index contributed by atoms with van der Waals surface area (Å²) in [6.07, 6.45) is 1.38. The van der Waals surface area contributed by atoms with Gasteiger partial charge in [0.25, 0.3) is 5.91 Å². The van der Waals surface area contributed by atoms with E-state index in [9.17, 15) is 14.7 Å². The minimum atomic E-state index is -1.22. The summed E-state index contributed by atoms with van der Waals surface area (Å²) >= 11 is 0. The van der Waals surface area contributed by atoms with E-state index in [2.05, 4.69) is 5.32 Å². The number of benzene rings is 2. The van der Waals surface area contributed by atoms with Crippen LogP contribution in [0.15, 0.2) is 71.3 Å².